The van der Waals surface area contributed by atoms with Crippen molar-refractivity contribution in [1.29, 1.82) is 0 Å². The quantitative estimate of drug-likeness (QED) is 0.412. The van der Waals surface area contributed by atoms with Gasteiger partial charge in [-0.05, 0) is 50.3 Å². The highest BCUT2D eigenvalue weighted by Gasteiger charge is 2.26. The maximum atomic E-state index is 14.8. The Morgan fingerprint density at radius 3 is 2.56 bits per heavy atom. The molecule has 6 heteroatoms. The molecule has 0 radical (unpaired) electrons. The van der Waals surface area contributed by atoms with Crippen LogP contribution in [-0.4, -0.2) is 28.1 Å². The lowest BCUT2D eigenvalue weighted by atomic mass is 9.94. The molecule has 32 heavy (non-hydrogen) atoms. The van der Waals surface area contributed by atoms with Crippen LogP contribution in [0.2, 0.25) is 0 Å². The van der Waals surface area contributed by atoms with E-state index in [2.05, 4.69) is 28.9 Å². The molecule has 0 aliphatic carbocycles. The molecule has 1 aliphatic rings. The second-order valence-corrected chi connectivity index (χ2v) is 8.76. The molecule has 0 saturated carbocycles. The maximum Gasteiger partial charge on any atom is 0.192 e. The second-order valence-electron chi connectivity index (χ2n) is 8.76. The normalized spacial score (nSPS) is 20.4. The third-order valence-electron chi connectivity index (χ3n) is 6.45. The van der Waals surface area contributed by atoms with Crippen LogP contribution < -0.4 is 5.73 Å². The van der Waals surface area contributed by atoms with Crippen LogP contribution in [0.5, 0.6) is 0 Å². The number of hydrogen-bond donors (Lipinski definition) is 1. The summed E-state index contributed by atoms with van der Waals surface area (Å²) < 4.78 is 20.3. The van der Waals surface area contributed by atoms with Crippen LogP contribution in [0.3, 0.4) is 0 Å². The lowest BCUT2D eigenvalue weighted by Crippen LogP contribution is -2.50. The van der Waals surface area contributed by atoms with Gasteiger partial charge in [0.05, 0.1) is 5.69 Å². The van der Waals surface area contributed by atoms with Crippen LogP contribution in [0, 0.1) is 5.82 Å². The van der Waals surface area contributed by atoms with Crippen LogP contribution in [0.1, 0.15) is 63.0 Å². The van der Waals surface area contributed by atoms with Crippen LogP contribution in [0.25, 0.3) is 11.1 Å². The lowest BCUT2D eigenvalue weighted by molar-refractivity contribution is 0.188. The van der Waals surface area contributed by atoms with Gasteiger partial charge in [-0.3, -0.25) is 0 Å². The van der Waals surface area contributed by atoms with E-state index in [1.807, 2.05) is 55.5 Å². The molecule has 1 saturated heterocycles. The van der Waals surface area contributed by atoms with E-state index in [0.29, 0.717) is 35.9 Å². The third kappa shape index (κ3) is 4.69. The molecule has 2 aromatic carbocycles. The number of aliphatic imine (C=N–C) groups is 1. The van der Waals surface area contributed by atoms with E-state index in [1.54, 1.807) is 6.07 Å². The summed E-state index contributed by atoms with van der Waals surface area (Å²) in [5.74, 6) is 0.851. The first kappa shape index (κ1) is 22.1. The molecule has 3 aromatic rings. The van der Waals surface area contributed by atoms with Gasteiger partial charge in [0, 0.05) is 29.6 Å². The predicted octanol–water partition coefficient (Wildman–Crippen LogP) is 5.71. The minimum absolute atomic E-state index is 0.102. The van der Waals surface area contributed by atoms with Gasteiger partial charge in [-0.15, -0.1) is 0 Å². The zero-order valence-electron chi connectivity index (χ0n) is 19.0. The molecule has 4 rings (SSSR count). The number of hydrogen-bond acceptors (Lipinski definition) is 3. The Bertz CT molecular complexity index is 1070. The fourth-order valence-electron chi connectivity index (χ4n) is 4.54. The molecule has 168 valence electrons. The van der Waals surface area contributed by atoms with Crippen LogP contribution >= 0.6 is 0 Å². The van der Waals surface area contributed by atoms with Gasteiger partial charge in [0.1, 0.15) is 12.4 Å². The number of aromatic nitrogens is 1. The van der Waals surface area contributed by atoms with Crippen molar-refractivity contribution >= 4 is 5.96 Å². The van der Waals surface area contributed by atoms with Gasteiger partial charge < -0.3 is 15.2 Å². The number of guanidine groups is 1. The van der Waals surface area contributed by atoms with Crippen molar-refractivity contribution in [2.24, 2.45) is 10.7 Å². The average Bonchev–Trinajstić information content (AvgIpc) is 3.26. The van der Waals surface area contributed by atoms with Crippen molar-refractivity contribution in [2.75, 3.05) is 0 Å². The standard InChI is InChI=1S/C26H31FN4O/c1-17-8-7-9-18(2)31(17)26(28)29-16-22-15-25(30-32-22)19(3)21-12-13-23(24(27)14-21)20-10-5-4-6-11-20/h4-6,10-15,17-19H,7-9,16H2,1-3H3,(H2,28,29). The molecule has 1 fully saturated rings. The first-order valence-corrected chi connectivity index (χ1v) is 11.3. The van der Waals surface area contributed by atoms with Crippen molar-refractivity contribution in [3.05, 3.63) is 77.4 Å². The Labute approximate surface area is 189 Å². The first-order valence-electron chi connectivity index (χ1n) is 11.3. The molecule has 0 bridgehead atoms. The van der Waals surface area contributed by atoms with E-state index in [4.69, 9.17) is 10.3 Å². The molecule has 2 heterocycles. The summed E-state index contributed by atoms with van der Waals surface area (Å²) in [6.45, 7) is 6.71. The Morgan fingerprint density at radius 2 is 1.88 bits per heavy atom. The smallest absolute Gasteiger partial charge is 0.192 e. The van der Waals surface area contributed by atoms with Gasteiger partial charge in [-0.25, -0.2) is 9.38 Å². The number of likely N-dealkylation sites (tertiary alicyclic amines) is 1. The van der Waals surface area contributed by atoms with Gasteiger partial charge in [0.25, 0.3) is 0 Å². The minimum atomic E-state index is -0.244. The Balaban J connectivity index is 1.46. The highest BCUT2D eigenvalue weighted by Crippen LogP contribution is 2.29. The van der Waals surface area contributed by atoms with E-state index >= 15 is 0 Å². The molecule has 1 aromatic heterocycles. The molecule has 2 N–H and O–H groups in total. The summed E-state index contributed by atoms with van der Waals surface area (Å²) in [5.41, 5.74) is 9.34. The summed E-state index contributed by atoms with van der Waals surface area (Å²) >= 11 is 0. The second kappa shape index (κ2) is 9.55. The van der Waals surface area contributed by atoms with Crippen molar-refractivity contribution in [1.82, 2.24) is 10.1 Å². The van der Waals surface area contributed by atoms with E-state index in [1.165, 1.54) is 6.42 Å². The summed E-state index contributed by atoms with van der Waals surface area (Å²) in [6, 6.07) is 17.6. The highest BCUT2D eigenvalue weighted by atomic mass is 19.1. The molecular weight excluding hydrogens is 403 g/mol. The predicted molar refractivity (Wildman–Crippen MR) is 126 cm³/mol. The van der Waals surface area contributed by atoms with E-state index in [-0.39, 0.29) is 11.7 Å². The highest BCUT2D eigenvalue weighted by molar-refractivity contribution is 5.78. The first-order chi connectivity index (χ1) is 15.4. The fourth-order valence-corrected chi connectivity index (χ4v) is 4.54. The van der Waals surface area contributed by atoms with Gasteiger partial charge in [-0.2, -0.15) is 0 Å². The SMILES string of the molecule is CC(c1ccc(-c2ccccc2)c(F)c1)c1cc(CN=C(N)N2C(C)CCCC2C)on1. The zero-order chi connectivity index (χ0) is 22.7. The Kier molecular flexibility index (Phi) is 6.58. The van der Waals surface area contributed by atoms with Gasteiger partial charge >= 0.3 is 0 Å². The van der Waals surface area contributed by atoms with E-state index in [9.17, 15) is 4.39 Å². The van der Waals surface area contributed by atoms with Crippen LogP contribution in [0.4, 0.5) is 4.39 Å². The number of nitrogens with two attached hydrogens (primary N) is 1. The third-order valence-corrected chi connectivity index (χ3v) is 6.45. The largest absolute Gasteiger partial charge is 0.370 e. The van der Waals surface area contributed by atoms with Crippen molar-refractivity contribution in [2.45, 2.75) is 64.6 Å². The van der Waals surface area contributed by atoms with E-state index < -0.39 is 0 Å². The summed E-state index contributed by atoms with van der Waals surface area (Å²) in [7, 11) is 0. The fraction of sp³-hybridized carbons (Fsp3) is 0.385. The van der Waals surface area contributed by atoms with Crippen LogP contribution in [-0.2, 0) is 6.54 Å². The number of halogens is 1. The van der Waals surface area contributed by atoms with Gasteiger partial charge in [-0.1, -0.05) is 54.5 Å². The van der Waals surface area contributed by atoms with E-state index in [0.717, 1.165) is 29.7 Å². The summed E-state index contributed by atoms with van der Waals surface area (Å²) in [5, 5.41) is 4.20. The lowest BCUT2D eigenvalue weighted by Gasteiger charge is -2.39. The number of benzene rings is 2. The molecule has 5 nitrogen and oxygen atoms in total. The molecular formula is C26H31FN4O. The van der Waals surface area contributed by atoms with Crippen LogP contribution in [0.15, 0.2) is 64.1 Å². The van der Waals surface area contributed by atoms with Crippen molar-refractivity contribution in [3.63, 3.8) is 0 Å². The van der Waals surface area contributed by atoms with Crippen molar-refractivity contribution < 1.29 is 8.91 Å². The average molecular weight is 435 g/mol. The molecule has 0 amide bonds. The molecule has 3 unspecified atom stereocenters. The maximum absolute atomic E-state index is 14.8. The number of piperidine rings is 1. The molecule has 1 aliphatic heterocycles. The zero-order valence-corrected chi connectivity index (χ0v) is 19.0. The van der Waals surface area contributed by atoms with Gasteiger partial charge in [0.2, 0.25) is 0 Å². The molecule has 0 spiro atoms. The molecule has 3 atom stereocenters. The van der Waals surface area contributed by atoms with Crippen molar-refractivity contribution in [3.8, 4) is 11.1 Å². The number of rotatable bonds is 5. The minimum Gasteiger partial charge on any atom is -0.370 e. The summed E-state index contributed by atoms with van der Waals surface area (Å²) in [6.07, 6.45) is 3.48. The Hall–Kier alpha value is -3.15. The monoisotopic (exact) mass is 434 g/mol. The summed E-state index contributed by atoms with van der Waals surface area (Å²) in [4.78, 5) is 6.75. The van der Waals surface area contributed by atoms with Gasteiger partial charge in [0.15, 0.2) is 11.7 Å². The Morgan fingerprint density at radius 1 is 1.16 bits per heavy atom. The topological polar surface area (TPSA) is 67.7 Å². The number of nitrogens with zero attached hydrogens (tertiary/aromatic N) is 3.